The van der Waals surface area contributed by atoms with E-state index in [1.807, 2.05) is 0 Å². The topological polar surface area (TPSA) is 101 Å². The summed E-state index contributed by atoms with van der Waals surface area (Å²) in [5.41, 5.74) is 2.44. The summed E-state index contributed by atoms with van der Waals surface area (Å²) in [5.74, 6) is 5.72. The molecule has 0 heterocycles. The summed E-state index contributed by atoms with van der Waals surface area (Å²) in [7, 11) is 3.25. The van der Waals surface area contributed by atoms with Crippen LogP contribution < -0.4 is 21.9 Å². The zero-order valence-electron chi connectivity index (χ0n) is 9.88. The molecule has 16 heavy (non-hydrogen) atoms. The van der Waals surface area contributed by atoms with E-state index in [1.54, 1.807) is 14.2 Å². The molecule has 94 valence electrons. The van der Waals surface area contributed by atoms with E-state index in [2.05, 4.69) is 21.1 Å². The van der Waals surface area contributed by atoms with Crippen LogP contribution >= 0.6 is 0 Å². The summed E-state index contributed by atoms with van der Waals surface area (Å²) < 4.78 is 4.89. The summed E-state index contributed by atoms with van der Waals surface area (Å²) in [6, 6.07) is 0. The molecule has 0 unspecified atom stereocenters. The maximum Gasteiger partial charge on any atom is 0.221 e. The lowest BCUT2D eigenvalue weighted by atomic mass is 10.4. The first-order valence-corrected chi connectivity index (χ1v) is 5.19. The molecule has 0 aliphatic heterocycles. The second-order valence-electron chi connectivity index (χ2n) is 3.07. The highest BCUT2D eigenvalue weighted by Crippen LogP contribution is 1.82. The van der Waals surface area contributed by atoms with Gasteiger partial charge in [0.25, 0.3) is 0 Å². The number of hydrogen-bond acceptors (Lipinski definition) is 4. The van der Waals surface area contributed by atoms with Crippen LogP contribution in [-0.4, -0.2) is 45.7 Å². The molecule has 0 saturated carbocycles. The Morgan fingerprint density at radius 3 is 2.81 bits per heavy atom. The Bertz CT molecular complexity index is 220. The van der Waals surface area contributed by atoms with Crippen LogP contribution in [0, 0.1) is 0 Å². The van der Waals surface area contributed by atoms with E-state index < -0.39 is 0 Å². The highest BCUT2D eigenvalue weighted by molar-refractivity contribution is 5.80. The number of amides is 1. The predicted molar refractivity (Wildman–Crippen MR) is 62.8 cm³/mol. The number of hydrogen-bond donors (Lipinski definition) is 4. The van der Waals surface area contributed by atoms with E-state index in [0.29, 0.717) is 32.1 Å². The van der Waals surface area contributed by atoms with Crippen LogP contribution in [-0.2, 0) is 9.53 Å². The maximum absolute atomic E-state index is 10.9. The molecule has 0 saturated heterocycles. The first-order chi connectivity index (χ1) is 7.74. The lowest BCUT2D eigenvalue weighted by Crippen LogP contribution is -2.42. The van der Waals surface area contributed by atoms with E-state index in [-0.39, 0.29) is 5.91 Å². The molecule has 0 aliphatic rings. The lowest BCUT2D eigenvalue weighted by molar-refractivity contribution is -0.120. The summed E-state index contributed by atoms with van der Waals surface area (Å²) in [4.78, 5) is 15.1. The molecule has 0 radical (unpaired) electrons. The van der Waals surface area contributed by atoms with Crippen molar-refractivity contribution in [3.8, 4) is 0 Å². The Balaban J connectivity index is 3.68. The van der Waals surface area contributed by atoms with Gasteiger partial charge in [-0.2, -0.15) is 0 Å². The van der Waals surface area contributed by atoms with Gasteiger partial charge in [0.2, 0.25) is 11.9 Å². The Kier molecular flexibility index (Phi) is 9.33. The molecule has 0 spiro atoms. The number of carbonyl (C=O) groups excluding carboxylic acids is 1. The van der Waals surface area contributed by atoms with Crippen molar-refractivity contribution in [2.45, 2.75) is 12.8 Å². The number of ether oxygens (including phenoxy) is 1. The molecule has 0 aromatic carbocycles. The minimum absolute atomic E-state index is 0.0248. The van der Waals surface area contributed by atoms with Gasteiger partial charge in [-0.15, -0.1) is 0 Å². The smallest absolute Gasteiger partial charge is 0.221 e. The van der Waals surface area contributed by atoms with Gasteiger partial charge in [0.15, 0.2) is 0 Å². The highest BCUT2D eigenvalue weighted by Gasteiger charge is 1.99. The van der Waals surface area contributed by atoms with Crippen molar-refractivity contribution in [2.24, 2.45) is 10.8 Å². The monoisotopic (exact) mass is 231 g/mol. The van der Waals surface area contributed by atoms with Crippen LogP contribution in [0.2, 0.25) is 0 Å². The van der Waals surface area contributed by atoms with Gasteiger partial charge < -0.3 is 15.4 Å². The molecule has 7 nitrogen and oxygen atoms in total. The molecule has 0 aromatic heterocycles. The minimum Gasteiger partial charge on any atom is -0.385 e. The van der Waals surface area contributed by atoms with Crippen LogP contribution in [0.4, 0.5) is 0 Å². The molecule has 1 amide bonds. The van der Waals surface area contributed by atoms with Gasteiger partial charge in [-0.05, 0) is 6.42 Å². The zero-order valence-corrected chi connectivity index (χ0v) is 9.88. The van der Waals surface area contributed by atoms with Crippen molar-refractivity contribution >= 4 is 11.9 Å². The number of nitrogens with zero attached hydrogens (tertiary/aromatic N) is 1. The van der Waals surface area contributed by atoms with Crippen LogP contribution in [0.5, 0.6) is 0 Å². The van der Waals surface area contributed by atoms with E-state index in [9.17, 15) is 4.79 Å². The number of methoxy groups -OCH3 is 1. The van der Waals surface area contributed by atoms with Crippen molar-refractivity contribution in [1.29, 1.82) is 0 Å². The third kappa shape index (κ3) is 8.01. The second-order valence-corrected chi connectivity index (χ2v) is 3.07. The van der Waals surface area contributed by atoms with E-state index in [1.165, 1.54) is 0 Å². The summed E-state index contributed by atoms with van der Waals surface area (Å²) >= 11 is 0. The fourth-order valence-electron chi connectivity index (χ4n) is 0.972. The zero-order chi connectivity index (χ0) is 12.2. The van der Waals surface area contributed by atoms with E-state index >= 15 is 0 Å². The maximum atomic E-state index is 10.9. The molecule has 0 fully saturated rings. The van der Waals surface area contributed by atoms with Crippen molar-refractivity contribution in [3.05, 3.63) is 0 Å². The fourth-order valence-corrected chi connectivity index (χ4v) is 0.972. The SMILES string of the molecule is CNC(=O)CCNC(=NCCCOC)NN. The third-order valence-electron chi connectivity index (χ3n) is 1.84. The number of guanidine groups is 1. The van der Waals surface area contributed by atoms with Crippen molar-refractivity contribution in [2.75, 3.05) is 33.9 Å². The quantitative estimate of drug-likeness (QED) is 0.141. The Labute approximate surface area is 95.8 Å². The van der Waals surface area contributed by atoms with Crippen molar-refractivity contribution in [3.63, 3.8) is 0 Å². The van der Waals surface area contributed by atoms with Gasteiger partial charge in [-0.25, -0.2) is 5.84 Å². The van der Waals surface area contributed by atoms with Crippen LogP contribution in [0.3, 0.4) is 0 Å². The summed E-state index contributed by atoms with van der Waals surface area (Å²) in [6.07, 6.45) is 1.22. The average molecular weight is 231 g/mol. The van der Waals surface area contributed by atoms with Gasteiger partial charge in [0.05, 0.1) is 0 Å². The van der Waals surface area contributed by atoms with Gasteiger partial charge in [0, 0.05) is 40.3 Å². The number of rotatable bonds is 7. The van der Waals surface area contributed by atoms with E-state index in [4.69, 9.17) is 10.6 Å². The Morgan fingerprint density at radius 1 is 1.50 bits per heavy atom. The van der Waals surface area contributed by atoms with Gasteiger partial charge in [-0.1, -0.05) is 0 Å². The lowest BCUT2D eigenvalue weighted by Gasteiger charge is -2.08. The molecule has 0 atom stereocenters. The molecule has 0 rings (SSSR count). The summed E-state index contributed by atoms with van der Waals surface area (Å²) in [5, 5.41) is 5.45. The summed E-state index contributed by atoms with van der Waals surface area (Å²) in [6.45, 7) is 1.78. The van der Waals surface area contributed by atoms with Crippen LogP contribution in [0.25, 0.3) is 0 Å². The third-order valence-corrected chi connectivity index (χ3v) is 1.84. The van der Waals surface area contributed by atoms with E-state index in [0.717, 1.165) is 6.42 Å². The standard InChI is InChI=1S/C9H21N5O2/c1-11-8(15)4-6-13-9(14-10)12-5-3-7-16-2/h3-7,10H2,1-2H3,(H,11,15)(H2,12,13,14). The fraction of sp³-hybridized carbons (Fsp3) is 0.778. The molecule has 0 aliphatic carbocycles. The first kappa shape index (κ1) is 14.7. The van der Waals surface area contributed by atoms with Gasteiger partial charge >= 0.3 is 0 Å². The molecular weight excluding hydrogens is 210 g/mol. The molecule has 0 aromatic rings. The molecule has 0 bridgehead atoms. The number of hydrazine groups is 1. The number of nitrogens with two attached hydrogens (primary N) is 1. The number of nitrogens with one attached hydrogen (secondary N) is 3. The van der Waals surface area contributed by atoms with Crippen LogP contribution in [0.15, 0.2) is 4.99 Å². The highest BCUT2D eigenvalue weighted by atomic mass is 16.5. The van der Waals surface area contributed by atoms with Crippen LogP contribution in [0.1, 0.15) is 12.8 Å². The molecule has 5 N–H and O–H groups in total. The second kappa shape index (κ2) is 10.2. The Hall–Kier alpha value is -1.34. The number of carbonyl (C=O) groups is 1. The van der Waals surface area contributed by atoms with Gasteiger partial charge in [0.1, 0.15) is 0 Å². The average Bonchev–Trinajstić information content (AvgIpc) is 2.31. The Morgan fingerprint density at radius 2 is 2.25 bits per heavy atom. The largest absolute Gasteiger partial charge is 0.385 e. The molecule has 7 heteroatoms. The van der Waals surface area contributed by atoms with Crippen molar-refractivity contribution in [1.82, 2.24) is 16.1 Å². The first-order valence-electron chi connectivity index (χ1n) is 5.19. The van der Waals surface area contributed by atoms with Gasteiger partial charge in [-0.3, -0.25) is 15.2 Å². The minimum atomic E-state index is -0.0248. The predicted octanol–water partition coefficient (Wildman–Crippen LogP) is -1.43. The molecular formula is C9H21N5O2. The number of aliphatic imine (C=N–C) groups is 1. The van der Waals surface area contributed by atoms with Crippen molar-refractivity contribution < 1.29 is 9.53 Å². The normalized spacial score (nSPS) is 11.1.